The van der Waals surface area contributed by atoms with Crippen molar-refractivity contribution in [3.05, 3.63) is 47.5 Å². The molecule has 130 valence electrons. The van der Waals surface area contributed by atoms with Crippen molar-refractivity contribution in [2.75, 3.05) is 5.32 Å². The van der Waals surface area contributed by atoms with Crippen molar-refractivity contribution in [1.29, 1.82) is 0 Å². The van der Waals surface area contributed by atoms with Crippen LogP contribution < -0.4 is 10.0 Å². The number of aryl methyl sites for hydroxylation is 2. The van der Waals surface area contributed by atoms with Gasteiger partial charge in [0.25, 0.3) is 5.91 Å². The zero-order valence-electron chi connectivity index (χ0n) is 13.9. The van der Waals surface area contributed by atoms with Crippen molar-refractivity contribution in [2.45, 2.75) is 31.7 Å². The summed E-state index contributed by atoms with van der Waals surface area (Å²) in [5.41, 5.74) is 0.565. The molecule has 1 heterocycles. The van der Waals surface area contributed by atoms with Gasteiger partial charge in [-0.15, -0.1) is 0 Å². The van der Waals surface area contributed by atoms with E-state index < -0.39 is 21.7 Å². The minimum Gasteiger partial charge on any atom is -0.345 e. The van der Waals surface area contributed by atoms with Gasteiger partial charge in [-0.05, 0) is 38.5 Å². The highest BCUT2D eigenvalue weighted by atomic mass is 32.2. The molecule has 0 unspecified atom stereocenters. The second kappa shape index (κ2) is 6.74. The number of amides is 1. The molecular weight excluding hydrogens is 333 g/mol. The molecular formula is C16H20FN3O3S. The predicted octanol–water partition coefficient (Wildman–Crippen LogP) is 2.41. The summed E-state index contributed by atoms with van der Waals surface area (Å²) in [7, 11) is -2.16. The average molecular weight is 353 g/mol. The number of nitrogens with one attached hydrogen (secondary N) is 2. The third-order valence-corrected chi connectivity index (χ3v) is 4.98. The fraction of sp³-hybridized carbons (Fsp3) is 0.312. The fourth-order valence-corrected chi connectivity index (χ4v) is 3.54. The van der Waals surface area contributed by atoms with E-state index in [9.17, 15) is 17.6 Å². The predicted molar refractivity (Wildman–Crippen MR) is 90.0 cm³/mol. The van der Waals surface area contributed by atoms with Crippen LogP contribution in [-0.2, 0) is 17.1 Å². The van der Waals surface area contributed by atoms with Crippen LogP contribution in [0.15, 0.2) is 35.4 Å². The lowest BCUT2D eigenvalue weighted by Gasteiger charge is -2.08. The lowest BCUT2D eigenvalue weighted by atomic mass is 10.2. The fourth-order valence-electron chi connectivity index (χ4n) is 2.22. The van der Waals surface area contributed by atoms with Gasteiger partial charge in [-0.25, -0.2) is 17.5 Å². The molecule has 1 aromatic heterocycles. The Hall–Kier alpha value is -2.19. The van der Waals surface area contributed by atoms with Gasteiger partial charge in [-0.2, -0.15) is 0 Å². The van der Waals surface area contributed by atoms with Gasteiger partial charge >= 0.3 is 0 Å². The van der Waals surface area contributed by atoms with E-state index in [0.29, 0.717) is 5.56 Å². The van der Waals surface area contributed by atoms with E-state index in [1.54, 1.807) is 40.0 Å². The van der Waals surface area contributed by atoms with Crippen LogP contribution in [0.25, 0.3) is 0 Å². The maximum atomic E-state index is 14.0. The molecule has 0 bridgehead atoms. The summed E-state index contributed by atoms with van der Waals surface area (Å²) < 4.78 is 42.2. The van der Waals surface area contributed by atoms with Crippen LogP contribution in [0.2, 0.25) is 0 Å². The molecule has 1 aromatic carbocycles. The number of benzene rings is 1. The standard InChI is InChI=1S/C16H20FN3O3S/c1-10(2)19-24(22,23)12-8-14(20(4)9-12)16(21)18-13-7-5-6-11(3)15(13)17/h5-10,19H,1-4H3,(H,18,21). The Morgan fingerprint density at radius 1 is 1.29 bits per heavy atom. The number of halogens is 1. The second-order valence-electron chi connectivity index (χ2n) is 5.84. The number of nitrogens with zero attached hydrogens (tertiary/aromatic N) is 1. The van der Waals surface area contributed by atoms with E-state index in [-0.39, 0.29) is 22.3 Å². The van der Waals surface area contributed by atoms with Gasteiger partial charge < -0.3 is 9.88 Å². The smallest absolute Gasteiger partial charge is 0.272 e. The molecule has 0 radical (unpaired) electrons. The van der Waals surface area contributed by atoms with Crippen molar-refractivity contribution in [3.63, 3.8) is 0 Å². The highest BCUT2D eigenvalue weighted by Crippen LogP contribution is 2.19. The van der Waals surface area contributed by atoms with Crippen LogP contribution in [-0.4, -0.2) is 24.9 Å². The lowest BCUT2D eigenvalue weighted by molar-refractivity contribution is 0.101. The minimum absolute atomic E-state index is 0.0198. The monoisotopic (exact) mass is 353 g/mol. The molecule has 0 spiro atoms. The molecule has 0 aliphatic carbocycles. The number of hydrogen-bond donors (Lipinski definition) is 2. The Kier molecular flexibility index (Phi) is 5.10. The maximum Gasteiger partial charge on any atom is 0.272 e. The van der Waals surface area contributed by atoms with E-state index in [4.69, 9.17) is 0 Å². The number of anilines is 1. The summed E-state index contributed by atoms with van der Waals surface area (Å²) in [6.07, 6.45) is 1.34. The highest BCUT2D eigenvalue weighted by Gasteiger charge is 2.21. The molecule has 1 amide bonds. The largest absolute Gasteiger partial charge is 0.345 e. The van der Waals surface area contributed by atoms with Gasteiger partial charge in [0, 0.05) is 19.3 Å². The Labute approximate surface area is 140 Å². The molecule has 0 aliphatic rings. The topological polar surface area (TPSA) is 80.2 Å². The molecule has 0 saturated heterocycles. The third kappa shape index (κ3) is 3.82. The van der Waals surface area contributed by atoms with Crippen molar-refractivity contribution in [2.24, 2.45) is 7.05 Å². The van der Waals surface area contributed by atoms with Crippen molar-refractivity contribution < 1.29 is 17.6 Å². The van der Waals surface area contributed by atoms with Gasteiger partial charge in [0.1, 0.15) is 16.4 Å². The van der Waals surface area contributed by atoms with E-state index in [1.165, 1.54) is 22.9 Å². The molecule has 0 aliphatic heterocycles. The molecule has 2 rings (SSSR count). The van der Waals surface area contributed by atoms with Crippen molar-refractivity contribution >= 4 is 21.6 Å². The number of rotatable bonds is 5. The molecule has 2 N–H and O–H groups in total. The van der Waals surface area contributed by atoms with E-state index in [1.807, 2.05) is 0 Å². The number of carbonyl (C=O) groups excluding carboxylic acids is 1. The van der Waals surface area contributed by atoms with Crippen LogP contribution in [0.5, 0.6) is 0 Å². The van der Waals surface area contributed by atoms with E-state index in [0.717, 1.165) is 0 Å². The van der Waals surface area contributed by atoms with Gasteiger partial charge in [0.2, 0.25) is 10.0 Å². The minimum atomic E-state index is -3.71. The summed E-state index contributed by atoms with van der Waals surface area (Å²) in [6, 6.07) is 5.65. The van der Waals surface area contributed by atoms with Crippen LogP contribution in [0.4, 0.5) is 10.1 Å². The van der Waals surface area contributed by atoms with E-state index in [2.05, 4.69) is 10.0 Å². The van der Waals surface area contributed by atoms with Gasteiger partial charge in [0.15, 0.2) is 0 Å². The molecule has 24 heavy (non-hydrogen) atoms. The quantitative estimate of drug-likeness (QED) is 0.866. The zero-order chi connectivity index (χ0) is 18.1. The summed E-state index contributed by atoms with van der Waals surface area (Å²) in [5, 5.41) is 2.46. The van der Waals surface area contributed by atoms with Crippen LogP contribution >= 0.6 is 0 Å². The maximum absolute atomic E-state index is 14.0. The zero-order valence-corrected chi connectivity index (χ0v) is 14.7. The first kappa shape index (κ1) is 18.2. The number of hydrogen-bond acceptors (Lipinski definition) is 3. The Bertz CT molecular complexity index is 873. The normalized spacial score (nSPS) is 11.8. The summed E-state index contributed by atoms with van der Waals surface area (Å²) in [5.74, 6) is -1.11. The number of aromatic nitrogens is 1. The Morgan fingerprint density at radius 2 is 1.96 bits per heavy atom. The van der Waals surface area contributed by atoms with Gasteiger partial charge in [-0.3, -0.25) is 4.79 Å². The number of sulfonamides is 1. The third-order valence-electron chi connectivity index (χ3n) is 3.35. The van der Waals surface area contributed by atoms with Crippen LogP contribution in [0.3, 0.4) is 0 Å². The summed E-state index contributed by atoms with van der Waals surface area (Å²) >= 11 is 0. The lowest BCUT2D eigenvalue weighted by Crippen LogP contribution is -2.29. The first-order valence-corrected chi connectivity index (χ1v) is 8.85. The SMILES string of the molecule is Cc1cccc(NC(=O)c2cc(S(=O)(=O)NC(C)C)cn2C)c1F. The van der Waals surface area contributed by atoms with Gasteiger partial charge in [-0.1, -0.05) is 12.1 Å². The first-order valence-electron chi connectivity index (χ1n) is 7.37. The molecule has 6 nitrogen and oxygen atoms in total. The highest BCUT2D eigenvalue weighted by molar-refractivity contribution is 7.89. The summed E-state index contributed by atoms with van der Waals surface area (Å²) in [4.78, 5) is 12.3. The molecule has 8 heteroatoms. The second-order valence-corrected chi connectivity index (χ2v) is 7.55. The van der Waals surface area contributed by atoms with Crippen molar-refractivity contribution in [3.8, 4) is 0 Å². The summed E-state index contributed by atoms with van der Waals surface area (Å²) in [6.45, 7) is 5.00. The van der Waals surface area contributed by atoms with Crippen LogP contribution in [0.1, 0.15) is 29.9 Å². The molecule has 0 saturated carbocycles. The Morgan fingerprint density at radius 3 is 2.58 bits per heavy atom. The van der Waals surface area contributed by atoms with Crippen LogP contribution in [0, 0.1) is 12.7 Å². The number of carbonyl (C=O) groups is 1. The first-order chi connectivity index (χ1) is 11.1. The molecule has 0 fully saturated rings. The van der Waals surface area contributed by atoms with Crippen molar-refractivity contribution in [1.82, 2.24) is 9.29 Å². The van der Waals surface area contributed by atoms with Gasteiger partial charge in [0.05, 0.1) is 5.69 Å². The molecule has 2 aromatic rings. The average Bonchev–Trinajstić information content (AvgIpc) is 2.85. The Balaban J connectivity index is 2.30. The molecule has 0 atom stereocenters. The van der Waals surface area contributed by atoms with E-state index >= 15 is 0 Å².